The van der Waals surface area contributed by atoms with E-state index in [0.29, 0.717) is 30.9 Å². The van der Waals surface area contributed by atoms with E-state index in [2.05, 4.69) is 15.8 Å². The average Bonchev–Trinajstić information content (AvgIpc) is 3.29. The quantitative estimate of drug-likeness (QED) is 0.331. The van der Waals surface area contributed by atoms with E-state index in [1.54, 1.807) is 35.6 Å². The van der Waals surface area contributed by atoms with E-state index in [4.69, 9.17) is 9.47 Å². The second kappa shape index (κ2) is 11.8. The van der Waals surface area contributed by atoms with Gasteiger partial charge in [0.1, 0.15) is 18.1 Å². The minimum atomic E-state index is -0.441. The number of fused-ring (bicyclic) bond motifs is 1. The number of aryl methyl sites for hydroxylation is 1. The van der Waals surface area contributed by atoms with Crippen LogP contribution in [0.5, 0.6) is 11.5 Å². The molecule has 0 aliphatic heterocycles. The zero-order valence-electron chi connectivity index (χ0n) is 18.5. The predicted molar refractivity (Wildman–Crippen MR) is 132 cm³/mol. The van der Waals surface area contributed by atoms with Gasteiger partial charge in [-0.15, -0.1) is 11.3 Å². The first-order valence-corrected chi connectivity index (χ1v) is 11.8. The van der Waals surface area contributed by atoms with Gasteiger partial charge in [0.2, 0.25) is 5.91 Å². The van der Waals surface area contributed by atoms with Gasteiger partial charge in [-0.3, -0.25) is 20.4 Å². The van der Waals surface area contributed by atoms with Gasteiger partial charge in [-0.05, 0) is 54.8 Å². The molecule has 0 fully saturated rings. The number of carbonyl (C=O) groups excluding carboxylic acids is 2. The summed E-state index contributed by atoms with van der Waals surface area (Å²) in [6.07, 6.45) is 1.66. The summed E-state index contributed by atoms with van der Waals surface area (Å²) >= 11 is 1.64. The van der Waals surface area contributed by atoms with Crippen molar-refractivity contribution in [3.8, 4) is 11.5 Å². The standard InChI is InChI=1S/C26H25N3O4S/c30-24(11-6-12-26-27-22-9-4-5-10-23(22)34-26)28-29-25(31)18-33-21-15-13-20(14-16-21)32-17-19-7-2-1-3-8-19/h1-5,7-10,13-16H,6,11-12,17-18H2,(H,28,30)(H,29,31). The maximum Gasteiger partial charge on any atom is 0.276 e. The Morgan fingerprint density at radius 3 is 2.24 bits per heavy atom. The largest absolute Gasteiger partial charge is 0.489 e. The van der Waals surface area contributed by atoms with Crippen LogP contribution in [0.3, 0.4) is 0 Å². The van der Waals surface area contributed by atoms with Crippen LogP contribution in [-0.2, 0) is 22.6 Å². The molecular formula is C26H25N3O4S. The van der Waals surface area contributed by atoms with Crippen LogP contribution in [0, 0.1) is 0 Å². The minimum Gasteiger partial charge on any atom is -0.489 e. The molecule has 0 unspecified atom stereocenters. The fourth-order valence-corrected chi connectivity index (χ4v) is 4.20. The van der Waals surface area contributed by atoms with Crippen LogP contribution in [0.2, 0.25) is 0 Å². The number of hydrogen-bond donors (Lipinski definition) is 2. The van der Waals surface area contributed by atoms with Crippen LogP contribution < -0.4 is 20.3 Å². The van der Waals surface area contributed by atoms with Crippen molar-refractivity contribution in [2.75, 3.05) is 6.61 Å². The van der Waals surface area contributed by atoms with Crippen LogP contribution in [-0.4, -0.2) is 23.4 Å². The van der Waals surface area contributed by atoms with E-state index in [0.717, 1.165) is 27.2 Å². The summed E-state index contributed by atoms with van der Waals surface area (Å²) < 4.78 is 12.3. The summed E-state index contributed by atoms with van der Waals surface area (Å²) in [5.41, 5.74) is 6.85. The molecule has 7 nitrogen and oxygen atoms in total. The maximum absolute atomic E-state index is 12.0. The van der Waals surface area contributed by atoms with Crippen molar-refractivity contribution >= 4 is 33.4 Å². The normalized spacial score (nSPS) is 10.6. The minimum absolute atomic E-state index is 0.212. The van der Waals surface area contributed by atoms with Crippen molar-refractivity contribution < 1.29 is 19.1 Å². The fraction of sp³-hybridized carbons (Fsp3) is 0.192. The van der Waals surface area contributed by atoms with Gasteiger partial charge in [0.25, 0.3) is 5.91 Å². The molecule has 8 heteroatoms. The number of hydrogen-bond acceptors (Lipinski definition) is 6. The Labute approximate surface area is 201 Å². The number of para-hydroxylation sites is 1. The van der Waals surface area contributed by atoms with Crippen molar-refractivity contribution in [3.63, 3.8) is 0 Å². The molecule has 0 aliphatic carbocycles. The number of carbonyl (C=O) groups is 2. The molecule has 4 rings (SSSR count). The van der Waals surface area contributed by atoms with Crippen molar-refractivity contribution in [3.05, 3.63) is 89.4 Å². The third kappa shape index (κ3) is 7.05. The van der Waals surface area contributed by atoms with Gasteiger partial charge in [0.05, 0.1) is 15.2 Å². The monoisotopic (exact) mass is 475 g/mol. The highest BCUT2D eigenvalue weighted by atomic mass is 32.1. The van der Waals surface area contributed by atoms with Gasteiger partial charge < -0.3 is 9.47 Å². The van der Waals surface area contributed by atoms with E-state index in [-0.39, 0.29) is 12.5 Å². The molecule has 3 aromatic carbocycles. The maximum atomic E-state index is 12.0. The molecule has 4 aromatic rings. The summed E-state index contributed by atoms with van der Waals surface area (Å²) in [7, 11) is 0. The highest BCUT2D eigenvalue weighted by Crippen LogP contribution is 2.22. The number of rotatable bonds is 10. The van der Waals surface area contributed by atoms with Gasteiger partial charge >= 0.3 is 0 Å². The Morgan fingerprint density at radius 1 is 0.794 bits per heavy atom. The van der Waals surface area contributed by atoms with E-state index in [9.17, 15) is 9.59 Å². The van der Waals surface area contributed by atoms with Gasteiger partial charge in [-0.1, -0.05) is 42.5 Å². The Kier molecular flexibility index (Phi) is 8.08. The first kappa shape index (κ1) is 23.3. The summed E-state index contributed by atoms with van der Waals surface area (Å²) in [5, 5.41) is 1.00. The Balaban J connectivity index is 1.10. The SMILES string of the molecule is O=C(CCCc1nc2ccccc2s1)NNC(=O)COc1ccc(OCc2ccccc2)cc1. The second-order valence-corrected chi connectivity index (χ2v) is 8.67. The molecule has 0 atom stereocenters. The van der Waals surface area contributed by atoms with Crippen molar-refractivity contribution in [1.29, 1.82) is 0 Å². The van der Waals surface area contributed by atoms with E-state index < -0.39 is 5.91 Å². The van der Waals surface area contributed by atoms with E-state index >= 15 is 0 Å². The molecule has 0 aliphatic rings. The summed E-state index contributed by atoms with van der Waals surface area (Å²) in [6.45, 7) is 0.264. The third-order valence-electron chi connectivity index (χ3n) is 4.92. The number of nitrogens with one attached hydrogen (secondary N) is 2. The number of hydrazine groups is 1. The number of amides is 2. The molecule has 34 heavy (non-hydrogen) atoms. The molecule has 0 bridgehead atoms. The zero-order valence-corrected chi connectivity index (χ0v) is 19.3. The molecule has 0 spiro atoms. The summed E-state index contributed by atoms with van der Waals surface area (Å²) in [6, 6.07) is 24.9. The van der Waals surface area contributed by atoms with Crippen LogP contribution in [0.15, 0.2) is 78.9 Å². The smallest absolute Gasteiger partial charge is 0.276 e. The van der Waals surface area contributed by atoms with Crippen molar-refractivity contribution in [1.82, 2.24) is 15.8 Å². The lowest BCUT2D eigenvalue weighted by Crippen LogP contribution is -2.43. The first-order chi connectivity index (χ1) is 16.7. The Bertz CT molecular complexity index is 1190. The molecule has 2 N–H and O–H groups in total. The molecule has 0 radical (unpaired) electrons. The lowest BCUT2D eigenvalue weighted by Gasteiger charge is -2.10. The second-order valence-electron chi connectivity index (χ2n) is 7.56. The molecule has 0 saturated heterocycles. The number of ether oxygens (including phenoxy) is 2. The lowest BCUT2D eigenvalue weighted by atomic mass is 10.2. The van der Waals surface area contributed by atoms with Crippen LogP contribution in [0.25, 0.3) is 10.2 Å². The van der Waals surface area contributed by atoms with Crippen LogP contribution in [0.4, 0.5) is 0 Å². The topological polar surface area (TPSA) is 89.6 Å². The molecule has 0 saturated carbocycles. The molecule has 1 aromatic heterocycles. The number of benzene rings is 3. The van der Waals surface area contributed by atoms with Gasteiger partial charge in [0.15, 0.2) is 6.61 Å². The molecule has 1 heterocycles. The van der Waals surface area contributed by atoms with E-state index in [1.807, 2.05) is 54.6 Å². The third-order valence-corrected chi connectivity index (χ3v) is 6.01. The fourth-order valence-electron chi connectivity index (χ4n) is 3.19. The van der Waals surface area contributed by atoms with E-state index in [1.165, 1.54) is 0 Å². The van der Waals surface area contributed by atoms with Crippen LogP contribution >= 0.6 is 11.3 Å². The Hall–Kier alpha value is -3.91. The average molecular weight is 476 g/mol. The van der Waals surface area contributed by atoms with Crippen molar-refractivity contribution in [2.24, 2.45) is 0 Å². The molecular weight excluding hydrogens is 450 g/mol. The van der Waals surface area contributed by atoms with Crippen molar-refractivity contribution in [2.45, 2.75) is 25.9 Å². The number of aromatic nitrogens is 1. The Morgan fingerprint density at radius 2 is 1.47 bits per heavy atom. The number of nitrogens with zero attached hydrogens (tertiary/aromatic N) is 1. The lowest BCUT2D eigenvalue weighted by molar-refractivity contribution is -0.130. The number of thiazole rings is 1. The summed E-state index contributed by atoms with van der Waals surface area (Å²) in [4.78, 5) is 28.5. The molecule has 174 valence electrons. The van der Waals surface area contributed by atoms with Gasteiger partial charge in [-0.2, -0.15) is 0 Å². The zero-order chi connectivity index (χ0) is 23.6. The predicted octanol–water partition coefficient (Wildman–Crippen LogP) is 4.42. The molecule has 2 amide bonds. The van der Waals surface area contributed by atoms with Crippen LogP contribution in [0.1, 0.15) is 23.4 Å². The van der Waals surface area contributed by atoms with Gasteiger partial charge in [0, 0.05) is 6.42 Å². The summed E-state index contributed by atoms with van der Waals surface area (Å²) in [5.74, 6) is 0.543. The highest BCUT2D eigenvalue weighted by molar-refractivity contribution is 7.18. The highest BCUT2D eigenvalue weighted by Gasteiger charge is 2.08. The first-order valence-electron chi connectivity index (χ1n) is 11.0. The van der Waals surface area contributed by atoms with Gasteiger partial charge in [-0.25, -0.2) is 4.98 Å².